The normalized spacial score (nSPS) is 22.9. The van der Waals surface area contributed by atoms with E-state index in [0.717, 1.165) is 26.2 Å². The highest BCUT2D eigenvalue weighted by atomic mass is 35.5. The van der Waals surface area contributed by atoms with Crippen molar-refractivity contribution in [1.82, 2.24) is 10.2 Å². The van der Waals surface area contributed by atoms with Gasteiger partial charge in [0.25, 0.3) is 0 Å². The molecule has 2 nitrogen and oxygen atoms in total. The van der Waals surface area contributed by atoms with Crippen molar-refractivity contribution in [3.63, 3.8) is 0 Å². The van der Waals surface area contributed by atoms with Crippen LogP contribution in [0.15, 0.2) is 10.6 Å². The van der Waals surface area contributed by atoms with E-state index in [2.05, 4.69) is 24.1 Å². The van der Waals surface area contributed by atoms with Gasteiger partial charge in [-0.05, 0) is 39.4 Å². The Morgan fingerprint density at radius 3 is 2.86 bits per heavy atom. The van der Waals surface area contributed by atoms with E-state index in [0.29, 0.717) is 4.49 Å². The Hall–Kier alpha value is 0.240. The molecule has 1 N–H and O–H groups in total. The van der Waals surface area contributed by atoms with Gasteiger partial charge in [-0.3, -0.25) is 4.90 Å². The molecule has 0 aromatic rings. The molecule has 4 heteroatoms. The second kappa shape index (κ2) is 5.36. The maximum Gasteiger partial charge on any atom is 0.104 e. The van der Waals surface area contributed by atoms with E-state index in [-0.39, 0.29) is 5.54 Å². The third-order valence-corrected chi connectivity index (χ3v) is 2.69. The topological polar surface area (TPSA) is 15.3 Å². The van der Waals surface area contributed by atoms with Crippen LogP contribution in [0.3, 0.4) is 0 Å². The Morgan fingerprint density at radius 1 is 1.50 bits per heavy atom. The first-order chi connectivity index (χ1) is 6.49. The number of rotatable bonds is 2. The Kier molecular flexibility index (Phi) is 4.71. The summed E-state index contributed by atoms with van der Waals surface area (Å²) in [6.45, 7) is 8.50. The first kappa shape index (κ1) is 12.3. The molecule has 0 saturated carbocycles. The van der Waals surface area contributed by atoms with Crippen LogP contribution in [0.25, 0.3) is 0 Å². The molecular formula is C10H18Cl2N2. The largest absolute Gasteiger partial charge is 0.310 e. The first-order valence-corrected chi connectivity index (χ1v) is 5.74. The van der Waals surface area contributed by atoms with Crippen LogP contribution in [0.2, 0.25) is 0 Å². The van der Waals surface area contributed by atoms with Crippen LogP contribution in [0.4, 0.5) is 0 Å². The molecule has 1 rings (SSSR count). The summed E-state index contributed by atoms with van der Waals surface area (Å²) in [5.41, 5.74) is 0.184. The van der Waals surface area contributed by atoms with Crippen molar-refractivity contribution in [1.29, 1.82) is 0 Å². The lowest BCUT2D eigenvalue weighted by Crippen LogP contribution is -2.46. The summed E-state index contributed by atoms with van der Waals surface area (Å²) in [5.74, 6) is 0. The van der Waals surface area contributed by atoms with E-state index >= 15 is 0 Å². The van der Waals surface area contributed by atoms with E-state index in [1.165, 1.54) is 6.42 Å². The maximum atomic E-state index is 5.59. The van der Waals surface area contributed by atoms with E-state index in [9.17, 15) is 0 Å². The molecular weight excluding hydrogens is 219 g/mol. The van der Waals surface area contributed by atoms with Gasteiger partial charge in [-0.1, -0.05) is 23.2 Å². The summed E-state index contributed by atoms with van der Waals surface area (Å²) >= 11 is 11.2. The highest BCUT2D eigenvalue weighted by Crippen LogP contribution is 2.12. The zero-order valence-corrected chi connectivity index (χ0v) is 10.3. The molecule has 0 amide bonds. The Balaban J connectivity index is 2.47. The van der Waals surface area contributed by atoms with Gasteiger partial charge in [-0.2, -0.15) is 0 Å². The van der Waals surface area contributed by atoms with Crippen LogP contribution in [-0.4, -0.2) is 36.6 Å². The average Bonchev–Trinajstić information content (AvgIpc) is 2.22. The summed E-state index contributed by atoms with van der Waals surface area (Å²) in [4.78, 5) is 2.37. The van der Waals surface area contributed by atoms with Gasteiger partial charge in [0.2, 0.25) is 0 Å². The molecule has 0 spiro atoms. The van der Waals surface area contributed by atoms with Gasteiger partial charge in [0.15, 0.2) is 0 Å². The molecule has 0 unspecified atom stereocenters. The quantitative estimate of drug-likeness (QED) is 0.793. The van der Waals surface area contributed by atoms with Crippen molar-refractivity contribution in [2.75, 3.05) is 26.2 Å². The van der Waals surface area contributed by atoms with Gasteiger partial charge in [0.1, 0.15) is 4.49 Å². The molecule has 0 aliphatic carbocycles. The molecule has 14 heavy (non-hydrogen) atoms. The number of hydrogen-bond donors (Lipinski definition) is 1. The average molecular weight is 237 g/mol. The van der Waals surface area contributed by atoms with Crippen molar-refractivity contribution in [3.8, 4) is 0 Å². The lowest BCUT2D eigenvalue weighted by atomic mass is 10.1. The molecule has 0 aromatic heterocycles. The third-order valence-electron chi connectivity index (χ3n) is 2.38. The third kappa shape index (κ3) is 4.65. The molecule has 0 aromatic carbocycles. The van der Waals surface area contributed by atoms with Crippen molar-refractivity contribution < 1.29 is 0 Å². The van der Waals surface area contributed by atoms with Crippen LogP contribution >= 0.6 is 23.2 Å². The number of nitrogens with one attached hydrogen (secondary N) is 1. The fourth-order valence-corrected chi connectivity index (χ4v) is 1.92. The molecule has 0 radical (unpaired) electrons. The molecule has 0 atom stereocenters. The van der Waals surface area contributed by atoms with Gasteiger partial charge < -0.3 is 5.32 Å². The summed E-state index contributed by atoms with van der Waals surface area (Å²) in [6.07, 6.45) is 3.03. The van der Waals surface area contributed by atoms with Crippen molar-refractivity contribution in [3.05, 3.63) is 10.6 Å². The fraction of sp³-hybridized carbons (Fsp3) is 0.800. The summed E-state index contributed by atoms with van der Waals surface area (Å²) in [5, 5.41) is 3.51. The van der Waals surface area contributed by atoms with Gasteiger partial charge in [0, 0.05) is 18.6 Å². The predicted molar refractivity (Wildman–Crippen MR) is 62.9 cm³/mol. The molecule has 1 saturated heterocycles. The Labute approximate surface area is 96.2 Å². The number of halogens is 2. The van der Waals surface area contributed by atoms with Gasteiger partial charge >= 0.3 is 0 Å². The van der Waals surface area contributed by atoms with Crippen molar-refractivity contribution >= 4 is 23.2 Å². The standard InChI is InChI=1S/C10H18Cl2N2/c1-10(2)8-14(6-3-5-13-10)7-4-9(11)12/h4,13H,3,5-8H2,1-2H3. The van der Waals surface area contributed by atoms with Gasteiger partial charge in [-0.25, -0.2) is 0 Å². The minimum absolute atomic E-state index is 0.184. The Bertz CT molecular complexity index is 210. The predicted octanol–water partition coefficient (Wildman–Crippen LogP) is 2.38. The lowest BCUT2D eigenvalue weighted by molar-refractivity contribution is 0.251. The zero-order valence-electron chi connectivity index (χ0n) is 8.82. The van der Waals surface area contributed by atoms with Crippen molar-refractivity contribution in [2.45, 2.75) is 25.8 Å². The smallest absolute Gasteiger partial charge is 0.104 e. The molecule has 82 valence electrons. The lowest BCUT2D eigenvalue weighted by Gasteiger charge is -2.29. The monoisotopic (exact) mass is 236 g/mol. The summed E-state index contributed by atoms with van der Waals surface area (Å²) < 4.78 is 0.361. The van der Waals surface area contributed by atoms with E-state index in [4.69, 9.17) is 23.2 Å². The highest BCUT2D eigenvalue weighted by Gasteiger charge is 2.22. The van der Waals surface area contributed by atoms with Crippen LogP contribution in [-0.2, 0) is 0 Å². The minimum atomic E-state index is 0.184. The molecule has 1 fully saturated rings. The number of hydrogen-bond acceptors (Lipinski definition) is 2. The summed E-state index contributed by atoms with van der Waals surface area (Å²) in [6, 6.07) is 0. The van der Waals surface area contributed by atoms with Crippen LogP contribution < -0.4 is 5.32 Å². The first-order valence-electron chi connectivity index (χ1n) is 4.98. The molecule has 0 bridgehead atoms. The highest BCUT2D eigenvalue weighted by molar-refractivity contribution is 6.55. The summed E-state index contributed by atoms with van der Waals surface area (Å²) in [7, 11) is 0. The molecule has 1 aliphatic rings. The van der Waals surface area contributed by atoms with Crippen molar-refractivity contribution in [2.24, 2.45) is 0 Å². The van der Waals surface area contributed by atoms with Gasteiger partial charge in [0.05, 0.1) is 0 Å². The fourth-order valence-electron chi connectivity index (χ4n) is 1.78. The van der Waals surface area contributed by atoms with Crippen LogP contribution in [0.5, 0.6) is 0 Å². The maximum absolute atomic E-state index is 5.59. The number of nitrogens with zero attached hydrogens (tertiary/aromatic N) is 1. The molecule has 1 heterocycles. The van der Waals surface area contributed by atoms with Gasteiger partial charge in [-0.15, -0.1) is 0 Å². The van der Waals surface area contributed by atoms with E-state index in [1.54, 1.807) is 0 Å². The zero-order chi connectivity index (χ0) is 10.6. The molecule has 1 aliphatic heterocycles. The second-order valence-electron chi connectivity index (χ2n) is 4.39. The SMILES string of the molecule is CC1(C)CN(CC=C(Cl)Cl)CCCN1. The van der Waals surface area contributed by atoms with Crippen LogP contribution in [0, 0.1) is 0 Å². The Morgan fingerprint density at radius 2 is 2.21 bits per heavy atom. The van der Waals surface area contributed by atoms with E-state index in [1.807, 2.05) is 6.08 Å². The van der Waals surface area contributed by atoms with E-state index < -0.39 is 0 Å². The second-order valence-corrected chi connectivity index (χ2v) is 5.40. The van der Waals surface area contributed by atoms with Crippen LogP contribution in [0.1, 0.15) is 20.3 Å². The minimum Gasteiger partial charge on any atom is -0.310 e.